The molecule has 0 aliphatic carbocycles. The molecule has 2 heteroatoms. The molecule has 2 heterocycles. The highest BCUT2D eigenvalue weighted by atomic mass is 15.0. The highest BCUT2D eigenvalue weighted by Gasteiger charge is 2.16. The van der Waals surface area contributed by atoms with Gasteiger partial charge in [-0.05, 0) is 111 Å². The van der Waals surface area contributed by atoms with E-state index in [0.29, 0.717) is 0 Å². The average molecular weight is 541 g/mol. The average Bonchev–Trinajstić information content (AvgIpc) is 3.49. The second-order valence-corrected chi connectivity index (χ2v) is 11.7. The highest BCUT2D eigenvalue weighted by Crippen LogP contribution is 2.37. The van der Waals surface area contributed by atoms with Gasteiger partial charge in [0.05, 0.1) is 22.1 Å². The zero-order chi connectivity index (χ0) is 28.5. The molecule has 8 rings (SSSR count). The summed E-state index contributed by atoms with van der Waals surface area (Å²) in [5, 5.41) is 5.20. The molecule has 0 fully saturated rings. The number of aryl methyl sites for hydroxylation is 4. The van der Waals surface area contributed by atoms with Gasteiger partial charge in [-0.3, -0.25) is 0 Å². The fraction of sp³-hybridized carbons (Fsp3) is 0.100. The lowest BCUT2D eigenvalue weighted by atomic mass is 9.95. The number of fused-ring (bicyclic) bond motifs is 6. The van der Waals surface area contributed by atoms with Crippen LogP contribution < -0.4 is 0 Å². The van der Waals surface area contributed by atoms with Crippen LogP contribution in [-0.4, -0.2) is 9.13 Å². The van der Waals surface area contributed by atoms with Gasteiger partial charge in [-0.1, -0.05) is 71.8 Å². The monoisotopic (exact) mass is 540 g/mol. The topological polar surface area (TPSA) is 9.86 Å². The van der Waals surface area contributed by atoms with E-state index in [1.54, 1.807) is 0 Å². The number of hydrogen-bond donors (Lipinski definition) is 0. The summed E-state index contributed by atoms with van der Waals surface area (Å²) in [5.41, 5.74) is 15.0. The third-order valence-corrected chi connectivity index (χ3v) is 8.88. The smallest absolute Gasteiger partial charge is 0.0541 e. The number of aromatic nitrogens is 2. The van der Waals surface area contributed by atoms with Crippen LogP contribution in [0.15, 0.2) is 121 Å². The van der Waals surface area contributed by atoms with Gasteiger partial charge < -0.3 is 9.13 Å². The predicted molar refractivity (Wildman–Crippen MR) is 180 cm³/mol. The maximum absolute atomic E-state index is 2.40. The van der Waals surface area contributed by atoms with Crippen LogP contribution in [0.5, 0.6) is 0 Å². The first-order valence-corrected chi connectivity index (χ1v) is 14.7. The Morgan fingerprint density at radius 3 is 1.19 bits per heavy atom. The number of nitrogens with zero attached hydrogens (tertiary/aromatic N) is 2. The van der Waals surface area contributed by atoms with Crippen molar-refractivity contribution >= 4 is 43.6 Å². The van der Waals surface area contributed by atoms with Crippen molar-refractivity contribution in [3.05, 3.63) is 144 Å². The lowest BCUT2D eigenvalue weighted by Crippen LogP contribution is -1.98. The van der Waals surface area contributed by atoms with Crippen molar-refractivity contribution in [2.45, 2.75) is 27.7 Å². The minimum atomic E-state index is 1.20. The molecule has 0 aliphatic heterocycles. The summed E-state index contributed by atoms with van der Waals surface area (Å²) in [5.74, 6) is 0. The van der Waals surface area contributed by atoms with Gasteiger partial charge in [-0.15, -0.1) is 0 Å². The molecule has 202 valence electrons. The van der Waals surface area contributed by atoms with Crippen LogP contribution >= 0.6 is 0 Å². The maximum Gasteiger partial charge on any atom is 0.0541 e. The molecule has 0 aliphatic rings. The molecule has 6 aromatic carbocycles. The third-order valence-electron chi connectivity index (χ3n) is 8.88. The van der Waals surface area contributed by atoms with Gasteiger partial charge in [0.1, 0.15) is 0 Å². The summed E-state index contributed by atoms with van der Waals surface area (Å²) in [4.78, 5) is 0. The summed E-state index contributed by atoms with van der Waals surface area (Å²) in [6.07, 6.45) is 0. The van der Waals surface area contributed by atoms with Crippen molar-refractivity contribution in [2.75, 3.05) is 0 Å². The van der Waals surface area contributed by atoms with E-state index < -0.39 is 0 Å². The molecular formula is C40H32N2. The molecule has 0 saturated carbocycles. The standard InChI is InChI=1S/C40H32N2/c1-25-13-19-39-35(21-25)33-9-5-7-11-37(33)41(39)29-15-17-31(27(3)23-29)32-18-16-30(24-28(32)4)42-38-12-8-6-10-34(38)36-22-26(2)14-20-40(36)42/h5-24H,1-4H3. The molecule has 0 bridgehead atoms. The first-order chi connectivity index (χ1) is 20.5. The van der Waals surface area contributed by atoms with E-state index in [1.165, 1.54) is 88.4 Å². The molecule has 2 nitrogen and oxygen atoms in total. The zero-order valence-electron chi connectivity index (χ0n) is 24.4. The molecule has 42 heavy (non-hydrogen) atoms. The van der Waals surface area contributed by atoms with Crippen molar-refractivity contribution in [3.8, 4) is 22.5 Å². The quantitative estimate of drug-likeness (QED) is 0.211. The Balaban J connectivity index is 1.25. The Bertz CT molecular complexity index is 2180. The van der Waals surface area contributed by atoms with E-state index in [4.69, 9.17) is 0 Å². The number of para-hydroxylation sites is 2. The van der Waals surface area contributed by atoms with Crippen LogP contribution in [-0.2, 0) is 0 Å². The molecule has 0 amide bonds. The van der Waals surface area contributed by atoms with Gasteiger partial charge in [-0.2, -0.15) is 0 Å². The van der Waals surface area contributed by atoms with Crippen molar-refractivity contribution in [1.29, 1.82) is 0 Å². The van der Waals surface area contributed by atoms with Crippen LogP contribution in [0, 0.1) is 27.7 Å². The van der Waals surface area contributed by atoms with E-state index in [-0.39, 0.29) is 0 Å². The highest BCUT2D eigenvalue weighted by molar-refractivity contribution is 6.10. The summed E-state index contributed by atoms with van der Waals surface area (Å²) in [7, 11) is 0. The summed E-state index contributed by atoms with van der Waals surface area (Å²) >= 11 is 0. The van der Waals surface area contributed by atoms with Crippen molar-refractivity contribution in [3.63, 3.8) is 0 Å². The SMILES string of the molecule is Cc1ccc2c(c1)c1ccccc1n2-c1ccc(-c2ccc(-n3c4ccccc4c4cc(C)ccc43)cc2C)c(C)c1. The summed E-state index contributed by atoms with van der Waals surface area (Å²) in [6, 6.07) is 44.8. The molecule has 0 atom stereocenters. The Labute approximate surface area is 246 Å². The first kappa shape index (κ1) is 24.7. The normalized spacial score (nSPS) is 11.8. The fourth-order valence-electron chi connectivity index (χ4n) is 6.91. The van der Waals surface area contributed by atoms with E-state index in [2.05, 4.69) is 158 Å². The van der Waals surface area contributed by atoms with Gasteiger partial charge >= 0.3 is 0 Å². The molecule has 0 unspecified atom stereocenters. The van der Waals surface area contributed by atoms with E-state index in [9.17, 15) is 0 Å². The third kappa shape index (κ3) is 3.65. The zero-order valence-corrected chi connectivity index (χ0v) is 24.4. The fourth-order valence-corrected chi connectivity index (χ4v) is 6.91. The van der Waals surface area contributed by atoms with Crippen LogP contribution in [0.2, 0.25) is 0 Å². The minimum absolute atomic E-state index is 1.20. The molecule has 0 N–H and O–H groups in total. The number of hydrogen-bond acceptors (Lipinski definition) is 0. The largest absolute Gasteiger partial charge is 0.309 e. The maximum atomic E-state index is 2.40. The molecule has 0 saturated heterocycles. The molecule has 0 spiro atoms. The van der Waals surface area contributed by atoms with Crippen LogP contribution in [0.25, 0.3) is 66.1 Å². The second-order valence-electron chi connectivity index (χ2n) is 11.7. The Morgan fingerprint density at radius 1 is 0.357 bits per heavy atom. The first-order valence-electron chi connectivity index (χ1n) is 14.7. The molecule has 2 aromatic heterocycles. The van der Waals surface area contributed by atoms with Gasteiger partial charge in [0.25, 0.3) is 0 Å². The van der Waals surface area contributed by atoms with E-state index in [1.807, 2.05) is 0 Å². The Hall–Kier alpha value is -5.08. The van der Waals surface area contributed by atoms with Crippen LogP contribution in [0.3, 0.4) is 0 Å². The Morgan fingerprint density at radius 2 is 0.762 bits per heavy atom. The van der Waals surface area contributed by atoms with Gasteiger partial charge in [0.15, 0.2) is 0 Å². The lowest BCUT2D eigenvalue weighted by Gasteiger charge is -2.16. The predicted octanol–water partition coefficient (Wildman–Crippen LogP) is 10.8. The van der Waals surface area contributed by atoms with Crippen LogP contribution in [0.1, 0.15) is 22.3 Å². The second kappa shape index (κ2) is 9.22. The molecule has 0 radical (unpaired) electrons. The van der Waals surface area contributed by atoms with Gasteiger partial charge in [0.2, 0.25) is 0 Å². The minimum Gasteiger partial charge on any atom is -0.309 e. The van der Waals surface area contributed by atoms with E-state index >= 15 is 0 Å². The van der Waals surface area contributed by atoms with Crippen LogP contribution in [0.4, 0.5) is 0 Å². The summed E-state index contributed by atoms with van der Waals surface area (Å²) < 4.78 is 4.81. The lowest BCUT2D eigenvalue weighted by molar-refractivity contribution is 1.16. The molecule has 8 aromatic rings. The van der Waals surface area contributed by atoms with Crippen molar-refractivity contribution in [1.82, 2.24) is 9.13 Å². The van der Waals surface area contributed by atoms with E-state index in [0.717, 1.165) is 0 Å². The number of rotatable bonds is 3. The summed E-state index contributed by atoms with van der Waals surface area (Å²) in [6.45, 7) is 8.81. The Kier molecular flexibility index (Phi) is 5.42. The van der Waals surface area contributed by atoms with Crippen molar-refractivity contribution in [2.24, 2.45) is 0 Å². The van der Waals surface area contributed by atoms with Crippen molar-refractivity contribution < 1.29 is 0 Å². The van der Waals surface area contributed by atoms with Gasteiger partial charge in [-0.25, -0.2) is 0 Å². The molecular weight excluding hydrogens is 508 g/mol. The van der Waals surface area contributed by atoms with Gasteiger partial charge in [0, 0.05) is 32.9 Å². The number of benzene rings is 6.